The van der Waals surface area contributed by atoms with Gasteiger partial charge in [0, 0.05) is 12.3 Å². The van der Waals surface area contributed by atoms with Gasteiger partial charge >= 0.3 is 5.97 Å². The van der Waals surface area contributed by atoms with E-state index >= 15 is 0 Å². The zero-order chi connectivity index (χ0) is 12.8. The van der Waals surface area contributed by atoms with E-state index in [-0.39, 0.29) is 17.9 Å². The standard InChI is InChI=1S/C10H11N3O4/c1-2-3-8(10(14)15)12-9-6-7(13(16)17)4-5-11-9/h2,4-6,8H,1,3H2,(H,11,12)(H,14,15). The molecule has 1 unspecified atom stereocenters. The van der Waals surface area contributed by atoms with Crippen molar-refractivity contribution in [1.82, 2.24) is 4.98 Å². The van der Waals surface area contributed by atoms with Crippen LogP contribution in [0.15, 0.2) is 31.0 Å². The van der Waals surface area contributed by atoms with Gasteiger partial charge in [0.2, 0.25) is 0 Å². The Morgan fingerprint density at radius 2 is 2.47 bits per heavy atom. The first-order chi connectivity index (χ1) is 8.04. The Hall–Kier alpha value is -2.44. The van der Waals surface area contributed by atoms with Crippen LogP contribution in [-0.4, -0.2) is 27.0 Å². The third-order valence-electron chi connectivity index (χ3n) is 1.98. The number of aromatic nitrogens is 1. The molecule has 0 aromatic carbocycles. The van der Waals surface area contributed by atoms with Crippen molar-refractivity contribution < 1.29 is 14.8 Å². The number of nitro groups is 1. The van der Waals surface area contributed by atoms with Gasteiger partial charge in [-0.05, 0) is 6.42 Å². The SMILES string of the molecule is C=CCC(Nc1cc([N+](=O)[O-])ccn1)C(=O)O. The van der Waals surface area contributed by atoms with E-state index in [1.807, 2.05) is 0 Å². The zero-order valence-corrected chi connectivity index (χ0v) is 8.87. The van der Waals surface area contributed by atoms with E-state index in [2.05, 4.69) is 16.9 Å². The molecule has 0 aliphatic heterocycles. The molecule has 17 heavy (non-hydrogen) atoms. The Morgan fingerprint density at radius 3 is 3.00 bits per heavy atom. The van der Waals surface area contributed by atoms with Gasteiger partial charge in [-0.1, -0.05) is 6.08 Å². The predicted molar refractivity (Wildman–Crippen MR) is 60.8 cm³/mol. The molecule has 0 spiro atoms. The molecule has 0 fully saturated rings. The van der Waals surface area contributed by atoms with Crippen LogP contribution in [0.3, 0.4) is 0 Å². The van der Waals surface area contributed by atoms with Crippen molar-refractivity contribution in [3.63, 3.8) is 0 Å². The Labute approximate surface area is 96.9 Å². The van der Waals surface area contributed by atoms with Crippen LogP contribution in [-0.2, 0) is 4.79 Å². The van der Waals surface area contributed by atoms with Gasteiger partial charge in [-0.15, -0.1) is 6.58 Å². The highest BCUT2D eigenvalue weighted by Crippen LogP contribution is 2.15. The van der Waals surface area contributed by atoms with Gasteiger partial charge in [-0.3, -0.25) is 10.1 Å². The van der Waals surface area contributed by atoms with Crippen molar-refractivity contribution in [2.24, 2.45) is 0 Å². The molecule has 7 nitrogen and oxygen atoms in total. The summed E-state index contributed by atoms with van der Waals surface area (Å²) in [6, 6.07) is 1.51. The summed E-state index contributed by atoms with van der Waals surface area (Å²) in [5, 5.41) is 22.0. The molecule has 7 heteroatoms. The lowest BCUT2D eigenvalue weighted by Crippen LogP contribution is -2.28. The summed E-state index contributed by atoms with van der Waals surface area (Å²) in [5.41, 5.74) is -0.148. The maximum absolute atomic E-state index is 10.8. The lowest BCUT2D eigenvalue weighted by molar-refractivity contribution is -0.384. The van der Waals surface area contributed by atoms with Crippen molar-refractivity contribution in [1.29, 1.82) is 0 Å². The van der Waals surface area contributed by atoms with Crippen LogP contribution in [0.2, 0.25) is 0 Å². The smallest absolute Gasteiger partial charge is 0.326 e. The van der Waals surface area contributed by atoms with E-state index in [9.17, 15) is 14.9 Å². The highest BCUT2D eigenvalue weighted by atomic mass is 16.6. The first-order valence-electron chi connectivity index (χ1n) is 4.75. The number of hydrogen-bond acceptors (Lipinski definition) is 5. The van der Waals surface area contributed by atoms with Crippen molar-refractivity contribution in [2.45, 2.75) is 12.5 Å². The molecule has 1 aromatic rings. The lowest BCUT2D eigenvalue weighted by Gasteiger charge is -2.12. The Morgan fingerprint density at radius 1 is 1.76 bits per heavy atom. The van der Waals surface area contributed by atoms with E-state index in [1.54, 1.807) is 0 Å². The van der Waals surface area contributed by atoms with Crippen LogP contribution in [0.25, 0.3) is 0 Å². The molecule has 1 atom stereocenters. The van der Waals surface area contributed by atoms with Crippen LogP contribution in [0.1, 0.15) is 6.42 Å². The highest BCUT2D eigenvalue weighted by molar-refractivity contribution is 5.77. The van der Waals surface area contributed by atoms with Gasteiger partial charge in [0.15, 0.2) is 0 Å². The van der Waals surface area contributed by atoms with Gasteiger partial charge in [0.25, 0.3) is 5.69 Å². The highest BCUT2D eigenvalue weighted by Gasteiger charge is 2.17. The number of anilines is 1. The predicted octanol–water partition coefficient (Wildman–Crippen LogP) is 1.43. The van der Waals surface area contributed by atoms with E-state index in [1.165, 1.54) is 24.4 Å². The largest absolute Gasteiger partial charge is 0.480 e. The molecule has 2 N–H and O–H groups in total. The molecule has 0 bridgehead atoms. The average molecular weight is 237 g/mol. The quantitative estimate of drug-likeness (QED) is 0.440. The number of carbonyl (C=O) groups is 1. The van der Waals surface area contributed by atoms with Crippen LogP contribution in [0.4, 0.5) is 11.5 Å². The van der Waals surface area contributed by atoms with Crippen molar-refractivity contribution >= 4 is 17.5 Å². The molecule has 0 aliphatic carbocycles. The molecule has 0 saturated heterocycles. The van der Waals surface area contributed by atoms with Gasteiger partial charge in [0.05, 0.1) is 11.0 Å². The van der Waals surface area contributed by atoms with Gasteiger partial charge < -0.3 is 10.4 Å². The summed E-state index contributed by atoms with van der Waals surface area (Å²) in [6.45, 7) is 3.44. The molecule has 0 aliphatic rings. The molecule has 0 radical (unpaired) electrons. The average Bonchev–Trinajstić information content (AvgIpc) is 2.28. The Balaban J connectivity index is 2.85. The zero-order valence-electron chi connectivity index (χ0n) is 8.87. The molecule has 0 saturated carbocycles. The van der Waals surface area contributed by atoms with Gasteiger partial charge in [-0.25, -0.2) is 9.78 Å². The minimum absolute atomic E-state index is 0.147. The van der Waals surface area contributed by atoms with Gasteiger partial charge in [-0.2, -0.15) is 0 Å². The van der Waals surface area contributed by atoms with Crippen LogP contribution < -0.4 is 5.32 Å². The first kappa shape index (κ1) is 12.6. The second-order valence-electron chi connectivity index (χ2n) is 3.22. The molecule has 1 aromatic heterocycles. The normalized spacial score (nSPS) is 11.5. The number of hydrogen-bond donors (Lipinski definition) is 2. The molecule has 0 amide bonds. The molecular weight excluding hydrogens is 226 g/mol. The molecule has 1 heterocycles. The summed E-state index contributed by atoms with van der Waals surface area (Å²) in [5.74, 6) is -0.924. The summed E-state index contributed by atoms with van der Waals surface area (Å²) in [4.78, 5) is 24.6. The van der Waals surface area contributed by atoms with Crippen LogP contribution >= 0.6 is 0 Å². The number of nitrogens with zero attached hydrogens (tertiary/aromatic N) is 2. The number of pyridine rings is 1. The van der Waals surface area contributed by atoms with E-state index in [4.69, 9.17) is 5.11 Å². The van der Waals surface area contributed by atoms with E-state index < -0.39 is 16.9 Å². The molecule has 1 rings (SSSR count). The Bertz CT molecular complexity index is 447. The van der Waals surface area contributed by atoms with Gasteiger partial charge in [0.1, 0.15) is 11.9 Å². The van der Waals surface area contributed by atoms with Crippen molar-refractivity contribution in [2.75, 3.05) is 5.32 Å². The van der Waals surface area contributed by atoms with E-state index in [0.717, 1.165) is 0 Å². The minimum atomic E-state index is -1.07. The lowest BCUT2D eigenvalue weighted by atomic mass is 10.2. The Kier molecular flexibility index (Phi) is 4.15. The molecular formula is C10H11N3O4. The monoisotopic (exact) mass is 237 g/mol. The number of carboxylic acid groups (broad SMARTS) is 1. The second kappa shape index (κ2) is 5.59. The number of nitrogens with one attached hydrogen (secondary N) is 1. The van der Waals surface area contributed by atoms with Crippen molar-refractivity contribution in [3.8, 4) is 0 Å². The third-order valence-corrected chi connectivity index (χ3v) is 1.98. The first-order valence-corrected chi connectivity index (χ1v) is 4.75. The summed E-state index contributed by atoms with van der Waals surface area (Å²) in [6.07, 6.45) is 2.89. The topological polar surface area (TPSA) is 105 Å². The maximum atomic E-state index is 10.8. The minimum Gasteiger partial charge on any atom is -0.480 e. The fraction of sp³-hybridized carbons (Fsp3) is 0.200. The summed E-state index contributed by atoms with van der Waals surface area (Å²) >= 11 is 0. The number of aliphatic carboxylic acids is 1. The van der Waals surface area contributed by atoms with Crippen molar-refractivity contribution in [3.05, 3.63) is 41.1 Å². The maximum Gasteiger partial charge on any atom is 0.326 e. The van der Waals surface area contributed by atoms with E-state index in [0.29, 0.717) is 0 Å². The second-order valence-corrected chi connectivity index (χ2v) is 3.22. The number of rotatable bonds is 6. The fourth-order valence-corrected chi connectivity index (χ4v) is 1.18. The fourth-order valence-electron chi connectivity index (χ4n) is 1.18. The van der Waals surface area contributed by atoms with Crippen LogP contribution in [0.5, 0.6) is 0 Å². The molecule has 90 valence electrons. The summed E-state index contributed by atoms with van der Waals surface area (Å²) < 4.78 is 0. The summed E-state index contributed by atoms with van der Waals surface area (Å²) in [7, 11) is 0. The van der Waals surface area contributed by atoms with Crippen LogP contribution in [0, 0.1) is 10.1 Å². The third kappa shape index (κ3) is 3.56. The number of carboxylic acids is 1.